The molecule has 0 aliphatic rings. The molecule has 0 spiro atoms. The Bertz CT molecular complexity index is 673. The first-order chi connectivity index (χ1) is 10.1. The van der Waals surface area contributed by atoms with E-state index in [0.717, 1.165) is 5.56 Å². The van der Waals surface area contributed by atoms with Crippen LogP contribution in [0.2, 0.25) is 0 Å². The number of hydrogen-bond donors (Lipinski definition) is 6. The molecule has 0 aromatic heterocycles. The maximum atomic E-state index is 9.79. The summed E-state index contributed by atoms with van der Waals surface area (Å²) < 4.78 is 0. The summed E-state index contributed by atoms with van der Waals surface area (Å²) in [6, 6.07) is 7.24. The lowest BCUT2D eigenvalue weighted by Crippen LogP contribution is -2.10. The molecule has 0 bridgehead atoms. The van der Waals surface area contributed by atoms with Crippen molar-refractivity contribution in [2.45, 2.75) is 26.2 Å². The second-order valence-corrected chi connectivity index (χ2v) is 6.07. The summed E-state index contributed by atoms with van der Waals surface area (Å²) in [4.78, 5) is 0. The summed E-state index contributed by atoms with van der Waals surface area (Å²) >= 11 is 0. The van der Waals surface area contributed by atoms with E-state index in [4.69, 9.17) is 0 Å². The van der Waals surface area contributed by atoms with Crippen LogP contribution in [0.1, 0.15) is 26.3 Å². The first kappa shape index (κ1) is 15.6. The van der Waals surface area contributed by atoms with Crippen molar-refractivity contribution >= 4 is 11.4 Å². The standard InChI is InChI=1S/C16H19NO5/c1-16(2,3)8-4-6-9(7-5-8)17-10-11(18)13(20)15(22)14(21)12(10)19/h4-7,17-22H,1-3H3. The second-order valence-electron chi connectivity index (χ2n) is 6.07. The third-order valence-corrected chi connectivity index (χ3v) is 3.39. The number of hydrogen-bond acceptors (Lipinski definition) is 6. The Hall–Kier alpha value is -2.76. The van der Waals surface area contributed by atoms with E-state index >= 15 is 0 Å². The summed E-state index contributed by atoms with van der Waals surface area (Å²) in [5.74, 6) is -4.32. The van der Waals surface area contributed by atoms with Crippen molar-refractivity contribution in [2.24, 2.45) is 0 Å². The molecule has 0 saturated carbocycles. The summed E-state index contributed by atoms with van der Waals surface area (Å²) in [5.41, 5.74) is 1.32. The first-order valence-electron chi connectivity index (χ1n) is 6.69. The smallest absolute Gasteiger partial charge is 0.208 e. The maximum absolute atomic E-state index is 9.79. The van der Waals surface area contributed by atoms with Crippen LogP contribution in [0.25, 0.3) is 0 Å². The van der Waals surface area contributed by atoms with Gasteiger partial charge >= 0.3 is 0 Å². The average molecular weight is 305 g/mol. The molecule has 22 heavy (non-hydrogen) atoms. The summed E-state index contributed by atoms with van der Waals surface area (Å²) in [6.45, 7) is 6.22. The van der Waals surface area contributed by atoms with Crippen molar-refractivity contribution < 1.29 is 25.5 Å². The monoisotopic (exact) mass is 305 g/mol. The second kappa shape index (κ2) is 5.22. The molecule has 0 atom stereocenters. The molecule has 2 aromatic carbocycles. The average Bonchev–Trinajstić information content (AvgIpc) is 2.47. The van der Waals surface area contributed by atoms with Crippen LogP contribution in [-0.2, 0) is 5.41 Å². The van der Waals surface area contributed by atoms with Crippen LogP contribution in [0, 0.1) is 0 Å². The van der Waals surface area contributed by atoms with E-state index in [-0.39, 0.29) is 11.1 Å². The van der Waals surface area contributed by atoms with E-state index in [9.17, 15) is 25.5 Å². The number of rotatable bonds is 2. The fourth-order valence-corrected chi connectivity index (χ4v) is 2.00. The molecule has 0 aliphatic heterocycles. The van der Waals surface area contributed by atoms with Crippen LogP contribution in [-0.4, -0.2) is 25.5 Å². The largest absolute Gasteiger partial charge is 0.503 e. The number of nitrogens with one attached hydrogen (secondary N) is 1. The summed E-state index contributed by atoms with van der Waals surface area (Å²) in [5, 5.41) is 50.6. The van der Waals surface area contributed by atoms with Crippen LogP contribution in [0.15, 0.2) is 24.3 Å². The summed E-state index contributed by atoms with van der Waals surface area (Å²) in [6.07, 6.45) is 0. The van der Waals surface area contributed by atoms with Crippen LogP contribution in [0.3, 0.4) is 0 Å². The van der Waals surface area contributed by atoms with Gasteiger partial charge in [0, 0.05) is 5.69 Å². The highest BCUT2D eigenvalue weighted by Gasteiger charge is 2.23. The number of phenols is 5. The number of aromatic hydroxyl groups is 5. The van der Waals surface area contributed by atoms with Gasteiger partial charge in [0.15, 0.2) is 11.5 Å². The van der Waals surface area contributed by atoms with Crippen molar-refractivity contribution in [1.82, 2.24) is 0 Å². The molecule has 118 valence electrons. The Balaban J connectivity index is 2.40. The zero-order chi connectivity index (χ0) is 16.7. The van der Waals surface area contributed by atoms with Crippen molar-refractivity contribution in [1.29, 1.82) is 0 Å². The molecule has 0 fully saturated rings. The van der Waals surface area contributed by atoms with Gasteiger partial charge < -0.3 is 30.8 Å². The number of benzene rings is 2. The molecule has 2 aromatic rings. The lowest BCUT2D eigenvalue weighted by molar-refractivity contribution is 0.330. The third-order valence-electron chi connectivity index (χ3n) is 3.39. The molecule has 2 rings (SSSR count). The van der Waals surface area contributed by atoms with E-state index < -0.39 is 28.7 Å². The molecule has 6 nitrogen and oxygen atoms in total. The van der Waals surface area contributed by atoms with Gasteiger partial charge in [0.25, 0.3) is 0 Å². The zero-order valence-electron chi connectivity index (χ0n) is 12.5. The van der Waals surface area contributed by atoms with Gasteiger partial charge in [-0.2, -0.15) is 0 Å². The number of anilines is 2. The van der Waals surface area contributed by atoms with E-state index in [1.54, 1.807) is 12.1 Å². The third kappa shape index (κ3) is 2.67. The normalized spacial score (nSPS) is 11.4. The van der Waals surface area contributed by atoms with Crippen LogP contribution in [0.4, 0.5) is 11.4 Å². The Morgan fingerprint density at radius 1 is 0.682 bits per heavy atom. The lowest BCUT2D eigenvalue weighted by atomic mass is 9.87. The Morgan fingerprint density at radius 3 is 1.50 bits per heavy atom. The predicted molar refractivity (Wildman–Crippen MR) is 83.2 cm³/mol. The SMILES string of the molecule is CC(C)(C)c1ccc(Nc2c(O)c(O)c(O)c(O)c2O)cc1. The van der Waals surface area contributed by atoms with Gasteiger partial charge in [0.1, 0.15) is 5.69 Å². The topological polar surface area (TPSA) is 113 Å². The fourth-order valence-electron chi connectivity index (χ4n) is 2.00. The van der Waals surface area contributed by atoms with Gasteiger partial charge in [-0.3, -0.25) is 0 Å². The number of phenolic OH excluding ortho intramolecular Hbond substituents is 5. The molecule has 0 aliphatic carbocycles. The van der Waals surface area contributed by atoms with Crippen LogP contribution in [0.5, 0.6) is 28.7 Å². The molecule has 0 radical (unpaired) electrons. The van der Waals surface area contributed by atoms with Gasteiger partial charge in [-0.25, -0.2) is 0 Å². The molecule has 0 heterocycles. The molecule has 0 amide bonds. The lowest BCUT2D eigenvalue weighted by Gasteiger charge is -2.19. The highest BCUT2D eigenvalue weighted by atomic mass is 16.4. The van der Waals surface area contributed by atoms with Gasteiger partial charge in [-0.15, -0.1) is 0 Å². The minimum atomic E-state index is -0.983. The van der Waals surface area contributed by atoms with E-state index in [1.807, 2.05) is 12.1 Å². The van der Waals surface area contributed by atoms with Crippen molar-refractivity contribution in [3.63, 3.8) is 0 Å². The molecule has 6 heteroatoms. The van der Waals surface area contributed by atoms with Crippen LogP contribution >= 0.6 is 0 Å². The minimum absolute atomic E-state index is 0.0160. The highest BCUT2D eigenvalue weighted by molar-refractivity contribution is 5.82. The van der Waals surface area contributed by atoms with Crippen LogP contribution < -0.4 is 5.32 Å². The van der Waals surface area contributed by atoms with Gasteiger partial charge in [0.2, 0.25) is 17.2 Å². The first-order valence-corrected chi connectivity index (χ1v) is 6.69. The Labute approximate surface area is 127 Å². The quantitative estimate of drug-likeness (QED) is 0.375. The highest BCUT2D eigenvalue weighted by Crippen LogP contribution is 2.54. The predicted octanol–water partition coefficient (Wildman–Crippen LogP) is 3.26. The molecular formula is C16H19NO5. The van der Waals surface area contributed by atoms with E-state index in [1.165, 1.54) is 0 Å². The van der Waals surface area contributed by atoms with E-state index in [2.05, 4.69) is 26.1 Å². The minimum Gasteiger partial charge on any atom is -0.503 e. The molecule has 0 saturated heterocycles. The Morgan fingerprint density at radius 2 is 1.09 bits per heavy atom. The van der Waals surface area contributed by atoms with Gasteiger partial charge in [0.05, 0.1) is 0 Å². The van der Waals surface area contributed by atoms with Crippen molar-refractivity contribution in [3.8, 4) is 28.7 Å². The molecule has 0 unspecified atom stereocenters. The van der Waals surface area contributed by atoms with Crippen molar-refractivity contribution in [3.05, 3.63) is 29.8 Å². The Kier molecular flexibility index (Phi) is 3.70. The summed E-state index contributed by atoms with van der Waals surface area (Å²) in [7, 11) is 0. The maximum Gasteiger partial charge on any atom is 0.208 e. The van der Waals surface area contributed by atoms with E-state index in [0.29, 0.717) is 5.69 Å². The zero-order valence-corrected chi connectivity index (χ0v) is 12.5. The molecular weight excluding hydrogens is 286 g/mol. The fraction of sp³-hybridized carbons (Fsp3) is 0.250. The molecule has 6 N–H and O–H groups in total. The van der Waals surface area contributed by atoms with Crippen molar-refractivity contribution in [2.75, 3.05) is 5.32 Å². The van der Waals surface area contributed by atoms with Gasteiger partial charge in [-0.05, 0) is 23.1 Å². The van der Waals surface area contributed by atoms with Gasteiger partial charge in [-0.1, -0.05) is 32.9 Å².